The molecule has 4 aromatic rings. The predicted octanol–water partition coefficient (Wildman–Crippen LogP) is 5.95. The van der Waals surface area contributed by atoms with Gasteiger partial charge in [-0.1, -0.05) is 38.1 Å². The van der Waals surface area contributed by atoms with E-state index in [1.165, 1.54) is 0 Å². The SMILES string of the molecule is Cc1cc(N2C(=S)N[C@H](c3ccccn3)[C@@H]2c2ccn(-c3ccccc3)c2)ccc1NC(=O)C(C)C. The maximum atomic E-state index is 12.3. The van der Waals surface area contributed by atoms with Crippen molar-refractivity contribution in [2.24, 2.45) is 5.92 Å². The number of aryl methyl sites for hydroxylation is 1. The van der Waals surface area contributed by atoms with E-state index in [0.29, 0.717) is 5.11 Å². The average molecular weight is 496 g/mol. The molecule has 0 radical (unpaired) electrons. The number of para-hydroxylation sites is 1. The first kappa shape index (κ1) is 23.8. The van der Waals surface area contributed by atoms with Crippen molar-refractivity contribution in [2.45, 2.75) is 32.9 Å². The topological polar surface area (TPSA) is 62.2 Å². The van der Waals surface area contributed by atoms with Crippen LogP contribution in [0.1, 0.15) is 42.8 Å². The van der Waals surface area contributed by atoms with Crippen LogP contribution in [0.2, 0.25) is 0 Å². The minimum atomic E-state index is -0.119. The van der Waals surface area contributed by atoms with Crippen LogP contribution in [0.5, 0.6) is 0 Å². The van der Waals surface area contributed by atoms with Crippen LogP contribution < -0.4 is 15.5 Å². The second-order valence-corrected chi connectivity index (χ2v) is 9.71. The normalized spacial score (nSPS) is 17.3. The molecule has 36 heavy (non-hydrogen) atoms. The fourth-order valence-corrected chi connectivity index (χ4v) is 4.88. The Bertz CT molecular complexity index is 1380. The van der Waals surface area contributed by atoms with Gasteiger partial charge in [0.25, 0.3) is 0 Å². The number of nitrogens with one attached hydrogen (secondary N) is 2. The van der Waals surface area contributed by atoms with E-state index in [2.05, 4.69) is 61.7 Å². The highest BCUT2D eigenvalue weighted by Crippen LogP contribution is 2.42. The monoisotopic (exact) mass is 495 g/mol. The summed E-state index contributed by atoms with van der Waals surface area (Å²) in [6, 6.07) is 24.2. The number of hydrogen-bond donors (Lipinski definition) is 2. The summed E-state index contributed by atoms with van der Waals surface area (Å²) in [5.41, 5.74) is 5.89. The zero-order chi connectivity index (χ0) is 25.2. The molecule has 0 saturated carbocycles. The Labute approximate surface area is 217 Å². The van der Waals surface area contributed by atoms with Crippen LogP contribution in [0.25, 0.3) is 5.69 Å². The van der Waals surface area contributed by atoms with Gasteiger partial charge in [0.2, 0.25) is 5.91 Å². The van der Waals surface area contributed by atoms with Crippen molar-refractivity contribution >= 4 is 34.6 Å². The molecule has 0 bridgehead atoms. The third-order valence-corrected chi connectivity index (χ3v) is 6.79. The molecule has 2 aromatic carbocycles. The minimum absolute atomic E-state index is 0.000413. The number of hydrogen-bond acceptors (Lipinski definition) is 3. The second kappa shape index (κ2) is 9.95. The number of rotatable bonds is 6. The Balaban J connectivity index is 1.54. The highest BCUT2D eigenvalue weighted by molar-refractivity contribution is 7.80. The van der Waals surface area contributed by atoms with Gasteiger partial charge in [-0.25, -0.2) is 0 Å². The highest BCUT2D eigenvalue weighted by Gasteiger charge is 2.41. The number of amides is 1. The summed E-state index contributed by atoms with van der Waals surface area (Å²) in [6.45, 7) is 5.78. The van der Waals surface area contributed by atoms with E-state index in [4.69, 9.17) is 12.2 Å². The zero-order valence-corrected chi connectivity index (χ0v) is 21.4. The Kier molecular flexibility index (Phi) is 6.57. The number of anilines is 2. The molecule has 0 aliphatic carbocycles. The van der Waals surface area contributed by atoms with Gasteiger partial charge in [0, 0.05) is 41.6 Å². The molecule has 7 heteroatoms. The highest BCUT2D eigenvalue weighted by atomic mass is 32.1. The van der Waals surface area contributed by atoms with E-state index >= 15 is 0 Å². The molecule has 1 aliphatic rings. The number of pyridine rings is 1. The Morgan fingerprint density at radius 3 is 2.50 bits per heavy atom. The summed E-state index contributed by atoms with van der Waals surface area (Å²) in [6.07, 6.45) is 6.05. The Hall–Kier alpha value is -3.97. The lowest BCUT2D eigenvalue weighted by Gasteiger charge is -2.28. The van der Waals surface area contributed by atoms with Crippen LogP contribution in [0.4, 0.5) is 11.4 Å². The lowest BCUT2D eigenvalue weighted by Crippen LogP contribution is -2.29. The van der Waals surface area contributed by atoms with Crippen molar-refractivity contribution in [3.8, 4) is 5.69 Å². The summed E-state index contributed by atoms with van der Waals surface area (Å²) in [4.78, 5) is 19.0. The van der Waals surface area contributed by atoms with Crippen LogP contribution in [0.15, 0.2) is 91.4 Å². The van der Waals surface area contributed by atoms with Gasteiger partial charge in [0.05, 0.1) is 17.8 Å². The molecule has 0 spiro atoms. The third kappa shape index (κ3) is 4.62. The number of nitrogens with zero attached hydrogens (tertiary/aromatic N) is 3. The predicted molar refractivity (Wildman–Crippen MR) is 148 cm³/mol. The molecule has 3 heterocycles. The first-order chi connectivity index (χ1) is 17.4. The molecule has 5 rings (SSSR count). The first-order valence-electron chi connectivity index (χ1n) is 12.1. The van der Waals surface area contributed by atoms with Gasteiger partial charge < -0.3 is 20.1 Å². The molecule has 0 unspecified atom stereocenters. The molecule has 1 amide bonds. The second-order valence-electron chi connectivity index (χ2n) is 9.33. The molecule has 1 saturated heterocycles. The summed E-state index contributed by atoms with van der Waals surface area (Å²) in [5.74, 6) is -0.0869. The van der Waals surface area contributed by atoms with Gasteiger partial charge in [-0.15, -0.1) is 0 Å². The van der Waals surface area contributed by atoms with Crippen LogP contribution in [0.3, 0.4) is 0 Å². The Morgan fingerprint density at radius 1 is 1.03 bits per heavy atom. The van der Waals surface area contributed by atoms with E-state index in [1.807, 2.05) is 75.5 Å². The molecule has 1 fully saturated rings. The smallest absolute Gasteiger partial charge is 0.226 e. The first-order valence-corrected chi connectivity index (χ1v) is 12.5. The summed E-state index contributed by atoms with van der Waals surface area (Å²) >= 11 is 5.87. The quantitative estimate of drug-likeness (QED) is 0.324. The molecular weight excluding hydrogens is 466 g/mol. The fraction of sp³-hybridized carbons (Fsp3) is 0.207. The van der Waals surface area contributed by atoms with E-state index in [9.17, 15) is 4.79 Å². The van der Waals surface area contributed by atoms with Gasteiger partial charge in [-0.3, -0.25) is 9.78 Å². The number of thiocarbonyl (C=S) groups is 1. The molecule has 182 valence electrons. The van der Waals surface area contributed by atoms with E-state index in [-0.39, 0.29) is 23.9 Å². The lowest BCUT2D eigenvalue weighted by molar-refractivity contribution is -0.118. The van der Waals surface area contributed by atoms with E-state index in [1.54, 1.807) is 0 Å². The van der Waals surface area contributed by atoms with Gasteiger partial charge in [-0.2, -0.15) is 0 Å². The zero-order valence-electron chi connectivity index (χ0n) is 20.6. The molecule has 6 nitrogen and oxygen atoms in total. The van der Waals surface area contributed by atoms with Crippen molar-refractivity contribution < 1.29 is 4.79 Å². The molecule has 2 N–H and O–H groups in total. The van der Waals surface area contributed by atoms with Gasteiger partial charge in [0.1, 0.15) is 0 Å². The fourth-order valence-electron chi connectivity index (χ4n) is 4.54. The van der Waals surface area contributed by atoms with E-state index in [0.717, 1.165) is 33.9 Å². The minimum Gasteiger partial charge on any atom is -0.351 e. The summed E-state index contributed by atoms with van der Waals surface area (Å²) in [7, 11) is 0. The van der Waals surface area contributed by atoms with Crippen LogP contribution >= 0.6 is 12.2 Å². The average Bonchev–Trinajstić information content (AvgIpc) is 3.51. The third-order valence-electron chi connectivity index (χ3n) is 6.48. The molecular formula is C29H29N5OS. The van der Waals surface area contributed by atoms with Crippen molar-refractivity contribution in [3.05, 3.63) is 108 Å². The number of aromatic nitrogens is 2. The molecule has 2 aromatic heterocycles. The van der Waals surface area contributed by atoms with Crippen molar-refractivity contribution in [2.75, 3.05) is 10.2 Å². The van der Waals surface area contributed by atoms with Crippen LogP contribution in [0, 0.1) is 12.8 Å². The summed E-state index contributed by atoms with van der Waals surface area (Å²) in [5, 5.41) is 7.17. The molecule has 1 aliphatic heterocycles. The van der Waals surface area contributed by atoms with Gasteiger partial charge >= 0.3 is 0 Å². The molecule has 2 atom stereocenters. The number of carbonyl (C=O) groups is 1. The Morgan fingerprint density at radius 2 is 1.81 bits per heavy atom. The number of carbonyl (C=O) groups excluding carboxylic acids is 1. The summed E-state index contributed by atoms with van der Waals surface area (Å²) < 4.78 is 2.13. The lowest BCUT2D eigenvalue weighted by atomic mass is 9.98. The van der Waals surface area contributed by atoms with Gasteiger partial charge in [-0.05, 0) is 78.8 Å². The van der Waals surface area contributed by atoms with Crippen LogP contribution in [-0.4, -0.2) is 20.6 Å². The largest absolute Gasteiger partial charge is 0.351 e. The van der Waals surface area contributed by atoms with Crippen molar-refractivity contribution in [3.63, 3.8) is 0 Å². The number of benzene rings is 2. The van der Waals surface area contributed by atoms with Gasteiger partial charge in [0.15, 0.2) is 5.11 Å². The van der Waals surface area contributed by atoms with Crippen molar-refractivity contribution in [1.29, 1.82) is 0 Å². The standard InChI is InChI=1S/C29H29N5OS/c1-19(2)28(35)31-24-13-12-23(17-20(24)3)34-27(26(32-29(34)36)25-11-7-8-15-30-25)21-14-16-33(18-21)22-9-5-4-6-10-22/h4-19,26-27H,1-3H3,(H,31,35)(H,32,36)/t26-,27+/m1/s1. The van der Waals surface area contributed by atoms with Crippen molar-refractivity contribution in [1.82, 2.24) is 14.9 Å². The van der Waals surface area contributed by atoms with E-state index < -0.39 is 0 Å². The maximum absolute atomic E-state index is 12.3. The maximum Gasteiger partial charge on any atom is 0.226 e. The van der Waals surface area contributed by atoms with Crippen LogP contribution in [-0.2, 0) is 4.79 Å².